The fraction of sp³-hybridized carbons (Fsp3) is 0.0833. The van der Waals surface area contributed by atoms with E-state index in [0.717, 1.165) is 16.2 Å². The van der Waals surface area contributed by atoms with E-state index in [1.165, 1.54) is 0 Å². The number of nitrogen functional groups attached to an aromatic ring is 1. The van der Waals surface area contributed by atoms with Gasteiger partial charge in [-0.15, -0.1) is 11.8 Å². The predicted octanol–water partition coefficient (Wildman–Crippen LogP) is 2.66. The third-order valence-corrected chi connectivity index (χ3v) is 3.17. The van der Waals surface area contributed by atoms with Gasteiger partial charge in [0.2, 0.25) is 0 Å². The molecule has 2 aromatic rings. The molecule has 82 valence electrons. The highest BCUT2D eigenvalue weighted by atomic mass is 32.2. The molecule has 16 heavy (non-hydrogen) atoms. The molecule has 0 spiro atoms. The summed E-state index contributed by atoms with van der Waals surface area (Å²) >= 11 is 1.70. The van der Waals surface area contributed by atoms with E-state index < -0.39 is 0 Å². The normalized spacial score (nSPS) is 10.2. The first-order valence-corrected chi connectivity index (χ1v) is 5.85. The Kier molecular flexibility index (Phi) is 3.31. The fourth-order valence-electron chi connectivity index (χ4n) is 1.23. The van der Waals surface area contributed by atoms with E-state index in [0.29, 0.717) is 11.6 Å². The second-order valence-electron chi connectivity index (χ2n) is 3.37. The number of nitrogens with zero attached hydrogens (tertiary/aromatic N) is 1. The second kappa shape index (κ2) is 4.90. The zero-order valence-electron chi connectivity index (χ0n) is 8.63. The number of aromatic nitrogens is 1. The van der Waals surface area contributed by atoms with Gasteiger partial charge in [-0.2, -0.15) is 0 Å². The van der Waals surface area contributed by atoms with Gasteiger partial charge in [0.1, 0.15) is 11.6 Å². The van der Waals surface area contributed by atoms with Crippen molar-refractivity contribution in [3.63, 3.8) is 0 Å². The van der Waals surface area contributed by atoms with E-state index in [4.69, 9.17) is 10.8 Å². The summed E-state index contributed by atoms with van der Waals surface area (Å²) in [6.45, 7) is 0. The Balaban J connectivity index is 1.97. The number of anilines is 1. The lowest BCUT2D eigenvalue weighted by molar-refractivity contribution is 0.475. The smallest absolute Gasteiger partial charge is 0.123 e. The molecule has 0 aliphatic carbocycles. The molecule has 0 atom stereocenters. The number of pyridine rings is 1. The SMILES string of the molecule is Nc1ccc(CSc2ccc(O)cc2)cn1. The van der Waals surface area contributed by atoms with Gasteiger partial charge >= 0.3 is 0 Å². The van der Waals surface area contributed by atoms with E-state index in [-0.39, 0.29) is 0 Å². The fourth-order valence-corrected chi connectivity index (χ4v) is 2.06. The van der Waals surface area contributed by atoms with Crippen molar-refractivity contribution in [1.29, 1.82) is 0 Å². The minimum Gasteiger partial charge on any atom is -0.508 e. The van der Waals surface area contributed by atoms with Crippen molar-refractivity contribution >= 4 is 17.6 Å². The maximum atomic E-state index is 9.14. The zero-order chi connectivity index (χ0) is 11.4. The number of hydrogen-bond acceptors (Lipinski definition) is 4. The van der Waals surface area contributed by atoms with Gasteiger partial charge in [-0.1, -0.05) is 6.07 Å². The molecule has 0 fully saturated rings. The van der Waals surface area contributed by atoms with Crippen molar-refractivity contribution in [1.82, 2.24) is 4.98 Å². The zero-order valence-corrected chi connectivity index (χ0v) is 9.45. The second-order valence-corrected chi connectivity index (χ2v) is 4.42. The van der Waals surface area contributed by atoms with Crippen LogP contribution >= 0.6 is 11.8 Å². The summed E-state index contributed by atoms with van der Waals surface area (Å²) in [7, 11) is 0. The Bertz CT molecular complexity index is 408. The highest BCUT2D eigenvalue weighted by Crippen LogP contribution is 2.24. The molecule has 1 aromatic heterocycles. The first-order chi connectivity index (χ1) is 7.74. The van der Waals surface area contributed by atoms with Crippen molar-refractivity contribution in [3.8, 4) is 5.75 Å². The van der Waals surface area contributed by atoms with Gasteiger partial charge in [-0.3, -0.25) is 0 Å². The molecular weight excluding hydrogens is 220 g/mol. The molecule has 0 unspecified atom stereocenters. The van der Waals surface area contributed by atoms with Crippen LogP contribution in [0.1, 0.15) is 5.56 Å². The maximum absolute atomic E-state index is 9.14. The summed E-state index contributed by atoms with van der Waals surface area (Å²) < 4.78 is 0. The van der Waals surface area contributed by atoms with Crippen LogP contribution in [0.5, 0.6) is 5.75 Å². The minimum absolute atomic E-state index is 0.290. The average Bonchev–Trinajstić information content (AvgIpc) is 2.30. The lowest BCUT2D eigenvalue weighted by Gasteiger charge is -2.02. The Hall–Kier alpha value is -1.68. The third-order valence-electron chi connectivity index (χ3n) is 2.09. The molecule has 2 rings (SSSR count). The number of phenolic OH excluding ortho intramolecular Hbond substituents is 1. The number of phenols is 1. The van der Waals surface area contributed by atoms with Gasteiger partial charge in [0, 0.05) is 16.8 Å². The molecule has 3 nitrogen and oxygen atoms in total. The van der Waals surface area contributed by atoms with Crippen molar-refractivity contribution in [2.24, 2.45) is 0 Å². The number of benzene rings is 1. The third kappa shape index (κ3) is 2.90. The lowest BCUT2D eigenvalue weighted by Crippen LogP contribution is -1.90. The maximum Gasteiger partial charge on any atom is 0.123 e. The largest absolute Gasteiger partial charge is 0.508 e. The quantitative estimate of drug-likeness (QED) is 0.799. The number of rotatable bonds is 3. The predicted molar refractivity (Wildman–Crippen MR) is 66.3 cm³/mol. The average molecular weight is 232 g/mol. The van der Waals surface area contributed by atoms with Gasteiger partial charge in [-0.25, -0.2) is 4.98 Å². The highest BCUT2D eigenvalue weighted by Gasteiger charge is 1.97. The van der Waals surface area contributed by atoms with Crippen LogP contribution in [0.15, 0.2) is 47.5 Å². The summed E-state index contributed by atoms with van der Waals surface area (Å²) in [5.74, 6) is 1.68. The molecule has 0 bridgehead atoms. The summed E-state index contributed by atoms with van der Waals surface area (Å²) in [6, 6.07) is 10.9. The van der Waals surface area contributed by atoms with E-state index in [9.17, 15) is 0 Å². The van der Waals surface area contributed by atoms with Crippen molar-refractivity contribution < 1.29 is 5.11 Å². The van der Waals surface area contributed by atoms with E-state index in [1.54, 1.807) is 36.2 Å². The number of thioether (sulfide) groups is 1. The molecule has 1 aromatic carbocycles. The summed E-state index contributed by atoms with van der Waals surface area (Å²) in [5.41, 5.74) is 6.64. The van der Waals surface area contributed by atoms with E-state index in [2.05, 4.69) is 4.98 Å². The van der Waals surface area contributed by atoms with Gasteiger partial charge in [0.15, 0.2) is 0 Å². The van der Waals surface area contributed by atoms with E-state index >= 15 is 0 Å². The summed E-state index contributed by atoms with van der Waals surface area (Å²) in [6.07, 6.45) is 1.78. The van der Waals surface area contributed by atoms with Crippen LogP contribution in [-0.2, 0) is 5.75 Å². The first-order valence-electron chi connectivity index (χ1n) is 4.86. The van der Waals surface area contributed by atoms with Gasteiger partial charge < -0.3 is 10.8 Å². The van der Waals surface area contributed by atoms with Crippen LogP contribution < -0.4 is 5.73 Å². The van der Waals surface area contributed by atoms with Gasteiger partial charge in [-0.05, 0) is 35.9 Å². The molecule has 0 radical (unpaired) electrons. The molecule has 1 heterocycles. The molecule has 4 heteroatoms. The Labute approximate surface area is 98.3 Å². The first kappa shape index (κ1) is 10.8. The van der Waals surface area contributed by atoms with Gasteiger partial charge in [0.05, 0.1) is 0 Å². The minimum atomic E-state index is 0.290. The van der Waals surface area contributed by atoms with Crippen molar-refractivity contribution in [3.05, 3.63) is 48.2 Å². The molecule has 3 N–H and O–H groups in total. The van der Waals surface area contributed by atoms with Crippen LogP contribution in [0.2, 0.25) is 0 Å². The molecule has 0 aliphatic heterocycles. The van der Waals surface area contributed by atoms with Crippen molar-refractivity contribution in [2.45, 2.75) is 10.6 Å². The van der Waals surface area contributed by atoms with Crippen LogP contribution in [0.4, 0.5) is 5.82 Å². The Morgan fingerprint density at radius 1 is 1.12 bits per heavy atom. The molecule has 0 saturated carbocycles. The van der Waals surface area contributed by atoms with Crippen LogP contribution in [0, 0.1) is 0 Å². The van der Waals surface area contributed by atoms with Gasteiger partial charge in [0.25, 0.3) is 0 Å². The lowest BCUT2D eigenvalue weighted by atomic mass is 10.3. The highest BCUT2D eigenvalue weighted by molar-refractivity contribution is 7.98. The molecule has 0 amide bonds. The summed E-state index contributed by atoms with van der Waals surface area (Å²) in [4.78, 5) is 5.15. The Morgan fingerprint density at radius 2 is 1.88 bits per heavy atom. The van der Waals surface area contributed by atoms with Crippen LogP contribution in [0.25, 0.3) is 0 Å². The van der Waals surface area contributed by atoms with E-state index in [1.807, 2.05) is 18.2 Å². The monoisotopic (exact) mass is 232 g/mol. The number of aromatic hydroxyl groups is 1. The number of nitrogens with two attached hydrogens (primary N) is 1. The van der Waals surface area contributed by atoms with Crippen LogP contribution in [-0.4, -0.2) is 10.1 Å². The molecule has 0 saturated heterocycles. The topological polar surface area (TPSA) is 59.1 Å². The Morgan fingerprint density at radius 3 is 2.50 bits per heavy atom. The standard InChI is InChI=1S/C12H12N2OS/c13-12-6-1-9(7-14-12)8-16-11-4-2-10(15)3-5-11/h1-7,15H,8H2,(H2,13,14). The van der Waals surface area contributed by atoms with Crippen molar-refractivity contribution in [2.75, 3.05) is 5.73 Å². The molecule has 0 aliphatic rings. The molecular formula is C12H12N2OS. The van der Waals surface area contributed by atoms with Crippen LogP contribution in [0.3, 0.4) is 0 Å². The summed E-state index contributed by atoms with van der Waals surface area (Å²) in [5, 5.41) is 9.14. The number of hydrogen-bond donors (Lipinski definition) is 2.